The van der Waals surface area contributed by atoms with Gasteiger partial charge in [-0.3, -0.25) is 24.2 Å². The number of anilines is 3. The smallest absolute Gasteiger partial charge is 0.326 e. The van der Waals surface area contributed by atoms with E-state index in [1.165, 1.54) is 18.3 Å². The van der Waals surface area contributed by atoms with Gasteiger partial charge in [0.2, 0.25) is 17.8 Å². The Bertz CT molecular complexity index is 3560. The minimum Gasteiger partial charge on any atom is -0.480 e. The number of aromatic amines is 1. The molecule has 109 heavy (non-hydrogen) atoms. The Morgan fingerprint density at radius 2 is 1.00 bits per heavy atom. The van der Waals surface area contributed by atoms with Crippen LogP contribution >= 0.6 is 0 Å². The summed E-state index contributed by atoms with van der Waals surface area (Å²) in [5.41, 5.74) is 15.2. The first kappa shape index (κ1) is 90.1. The van der Waals surface area contributed by atoms with Crippen molar-refractivity contribution in [2.45, 2.75) is 84.8 Å². The van der Waals surface area contributed by atoms with Crippen molar-refractivity contribution >= 4 is 74.2 Å². The summed E-state index contributed by atoms with van der Waals surface area (Å²) in [6.07, 6.45) is 4.97. The average molecular weight is 1540 g/mol. The molecule has 0 fully saturated rings. The third-order valence-electron chi connectivity index (χ3n) is 16.0. The molecule has 1 atom stereocenters. The van der Waals surface area contributed by atoms with Crippen molar-refractivity contribution in [3.05, 3.63) is 82.2 Å². The molecule has 10 N–H and O–H groups in total. The maximum atomic E-state index is 12.9. The number of carboxylic acids is 1. The Kier molecular flexibility index (Phi) is 45.9. The fraction of sp³-hybridized carbons (Fsp3) is 0.649. The van der Waals surface area contributed by atoms with Crippen LogP contribution in [-0.4, -0.2) is 294 Å². The number of ether oxygens (including phenoxy) is 16. The summed E-state index contributed by atoms with van der Waals surface area (Å²) in [6.45, 7) is 22.0. The van der Waals surface area contributed by atoms with E-state index < -0.39 is 23.5 Å². The van der Waals surface area contributed by atoms with Crippen LogP contribution in [0.15, 0.2) is 59.5 Å². The molecule has 35 nitrogen and oxygen atoms in total. The number of nitrogens with two attached hydrogens (primary N) is 2. The number of hydrogen-bond donors (Lipinski definition) is 8. The number of fused-ring (bicyclic) bond motifs is 4. The van der Waals surface area contributed by atoms with Crippen LogP contribution in [0.4, 0.5) is 17.5 Å². The summed E-state index contributed by atoms with van der Waals surface area (Å²) in [4.78, 5) is 86.3. The highest BCUT2D eigenvalue weighted by atomic mass is 16.6. The van der Waals surface area contributed by atoms with Crippen molar-refractivity contribution in [1.29, 1.82) is 0 Å². The summed E-state index contributed by atoms with van der Waals surface area (Å²) in [6, 6.07) is 13.0. The van der Waals surface area contributed by atoms with Crippen LogP contribution in [0.5, 0.6) is 0 Å². The lowest BCUT2D eigenvalue weighted by Crippen LogP contribution is -2.41. The number of benzene rings is 2. The van der Waals surface area contributed by atoms with Gasteiger partial charge in [-0.05, 0) is 49.6 Å². The minimum absolute atomic E-state index is 0.0498. The van der Waals surface area contributed by atoms with Crippen LogP contribution in [0.1, 0.15) is 81.2 Å². The molecule has 0 unspecified atom stereocenters. The van der Waals surface area contributed by atoms with E-state index in [4.69, 9.17) is 92.2 Å². The van der Waals surface area contributed by atoms with E-state index in [2.05, 4.69) is 77.6 Å². The molecule has 2 aromatic carbocycles. The second kappa shape index (κ2) is 55.6. The first-order valence-corrected chi connectivity index (χ1v) is 37.4. The highest BCUT2D eigenvalue weighted by molar-refractivity contribution is 6.06. The molecule has 6 aromatic rings. The SMILES string of the molecule is CCCCc1nc2c(N)nc3ccccc3c2n1CC(C)(C)CNC(=O)CCOCCOCCOCCOCCOCCOCCOCCOCCOCCOCCOCCOCCOCCOCCOCCOCCCNC(=O)CC[C@H](NC(=O)c1ccc(NCc2cnc3nc(N)[nH]c(=O)c3n2)cc1)C(=O)O. The van der Waals surface area contributed by atoms with Gasteiger partial charge in [-0.25, -0.2) is 24.7 Å². The van der Waals surface area contributed by atoms with Crippen LogP contribution < -0.4 is 38.3 Å². The van der Waals surface area contributed by atoms with Crippen molar-refractivity contribution in [3.63, 3.8) is 0 Å². The van der Waals surface area contributed by atoms with E-state index in [1.54, 1.807) is 12.1 Å². The van der Waals surface area contributed by atoms with Crippen molar-refractivity contribution in [3.8, 4) is 0 Å². The zero-order chi connectivity index (χ0) is 77.6. The zero-order valence-electron chi connectivity index (χ0n) is 63.5. The van der Waals surface area contributed by atoms with E-state index in [0.29, 0.717) is 255 Å². The van der Waals surface area contributed by atoms with E-state index >= 15 is 0 Å². The maximum absolute atomic E-state index is 12.9. The second-order valence-corrected chi connectivity index (χ2v) is 25.4. The van der Waals surface area contributed by atoms with Gasteiger partial charge < -0.3 is 118 Å². The topological polar surface area (TPSA) is 439 Å². The number of nitrogens with zero attached hydrogens (tertiary/aromatic N) is 6. The summed E-state index contributed by atoms with van der Waals surface area (Å²) >= 11 is 0. The summed E-state index contributed by atoms with van der Waals surface area (Å²) in [5, 5.41) is 22.1. The molecule has 0 aliphatic heterocycles. The number of aryl methyl sites for hydroxylation is 1. The van der Waals surface area contributed by atoms with Gasteiger partial charge in [-0.1, -0.05) is 45.4 Å². The van der Waals surface area contributed by atoms with Crippen LogP contribution in [-0.2, 0) is 110 Å². The number of aliphatic carboxylic acids is 1. The number of H-pyrrole nitrogens is 1. The number of carboxylic acid groups (broad SMARTS) is 1. The number of aromatic nitrogens is 7. The predicted molar refractivity (Wildman–Crippen MR) is 404 cm³/mol. The Morgan fingerprint density at radius 1 is 0.541 bits per heavy atom. The Hall–Kier alpha value is -7.82. The van der Waals surface area contributed by atoms with Gasteiger partial charge in [-0.2, -0.15) is 4.98 Å². The molecule has 4 aromatic heterocycles. The Morgan fingerprint density at radius 3 is 1.48 bits per heavy atom. The summed E-state index contributed by atoms with van der Waals surface area (Å²) < 4.78 is 91.1. The van der Waals surface area contributed by atoms with Crippen molar-refractivity contribution in [2.24, 2.45) is 5.41 Å². The zero-order valence-corrected chi connectivity index (χ0v) is 63.5. The third kappa shape index (κ3) is 38.6. The standard InChI is InChI=1S/C74H115N13O22/c1-4-5-11-62-84-65-67(59-9-6-7-10-60(59)82-68(65)75)87(62)55-74(2,3)54-80-64(89)18-21-95-23-25-97-27-29-99-31-33-101-35-37-103-39-41-105-43-45-107-47-49-109-51-50-108-48-46-106-44-42-104-40-38-102-36-34-100-32-30-98-28-26-96-24-22-94-20-8-19-77-63(88)17-16-61(72(92)93)83-70(90)56-12-14-57(15-13-56)78-52-58-53-79-69-66(81-58)71(91)86-73(76)85-69/h6-7,9-10,12-15,53,61,78H,4-5,8,11,16-52,54-55H2,1-3H3,(H2,75,82)(H,77,88)(H,80,89)(H,83,90)(H,92,93)(H3,76,79,85,86,91)/t61-/m0/s1. The predicted octanol–water partition coefficient (Wildman–Crippen LogP) is 3.70. The van der Waals surface area contributed by atoms with Gasteiger partial charge in [0, 0.05) is 67.6 Å². The number of para-hydroxylation sites is 1. The number of carbonyl (C=O) groups is 4. The number of rotatable bonds is 68. The molecule has 0 aliphatic rings. The molecule has 35 heteroatoms. The first-order valence-electron chi connectivity index (χ1n) is 37.4. The molecule has 0 bridgehead atoms. The van der Waals surface area contributed by atoms with Gasteiger partial charge in [0.25, 0.3) is 11.5 Å². The largest absolute Gasteiger partial charge is 0.480 e. The molecule has 0 radical (unpaired) electrons. The quantitative estimate of drug-likeness (QED) is 0.0252. The van der Waals surface area contributed by atoms with E-state index in [1.807, 2.05) is 18.2 Å². The van der Waals surface area contributed by atoms with Crippen molar-refractivity contribution in [1.82, 2.24) is 50.4 Å². The minimum atomic E-state index is -1.28. The van der Waals surface area contributed by atoms with Gasteiger partial charge in [0.05, 0.1) is 234 Å². The molecular weight excluding hydrogens is 1420 g/mol. The average Bonchev–Trinajstić information content (AvgIpc) is 1.61. The molecule has 6 rings (SSSR count). The number of amides is 3. The number of nitrogen functional groups attached to an aromatic ring is 2. The lowest BCUT2D eigenvalue weighted by molar-refractivity contribution is -0.139. The maximum Gasteiger partial charge on any atom is 0.326 e. The van der Waals surface area contributed by atoms with Gasteiger partial charge in [-0.15, -0.1) is 0 Å². The van der Waals surface area contributed by atoms with Gasteiger partial charge >= 0.3 is 5.97 Å². The number of hydrogen-bond acceptors (Lipinski definition) is 29. The number of nitrogens with one attached hydrogen (secondary N) is 5. The molecule has 0 spiro atoms. The third-order valence-corrected chi connectivity index (χ3v) is 16.0. The monoisotopic (exact) mass is 1540 g/mol. The molecule has 0 saturated carbocycles. The van der Waals surface area contributed by atoms with Crippen molar-refractivity contribution < 1.29 is 100 Å². The number of carbonyl (C=O) groups excluding carboxylic acids is 3. The molecule has 0 saturated heterocycles. The van der Waals surface area contributed by atoms with Crippen LogP contribution in [0.25, 0.3) is 33.1 Å². The molecule has 3 amide bonds. The fourth-order valence-electron chi connectivity index (χ4n) is 10.3. The number of pyridine rings is 1. The second-order valence-electron chi connectivity index (χ2n) is 25.4. The Balaban J connectivity index is 0.573. The molecule has 0 aliphatic carbocycles. The number of unbranched alkanes of at least 4 members (excludes halogenated alkanes) is 1. The van der Waals surface area contributed by atoms with Crippen LogP contribution in [0.2, 0.25) is 0 Å². The van der Waals surface area contributed by atoms with E-state index in [9.17, 15) is 29.1 Å². The summed E-state index contributed by atoms with van der Waals surface area (Å²) in [5.74, 6) is -0.925. The van der Waals surface area contributed by atoms with Crippen LogP contribution in [0, 0.1) is 5.41 Å². The lowest BCUT2D eigenvalue weighted by atomic mass is 9.93. The van der Waals surface area contributed by atoms with Crippen molar-refractivity contribution in [2.75, 3.05) is 241 Å². The van der Waals surface area contributed by atoms with Crippen LogP contribution in [0.3, 0.4) is 0 Å². The van der Waals surface area contributed by atoms with E-state index in [-0.39, 0.29) is 65.7 Å². The van der Waals surface area contributed by atoms with E-state index in [0.717, 1.165) is 47.0 Å². The first-order chi connectivity index (χ1) is 53.2. The number of imidazole rings is 1. The fourth-order valence-corrected chi connectivity index (χ4v) is 10.3. The highest BCUT2D eigenvalue weighted by Crippen LogP contribution is 2.32. The van der Waals surface area contributed by atoms with Gasteiger partial charge in [0.1, 0.15) is 17.4 Å². The molecule has 608 valence electrons. The Labute approximate surface area is 636 Å². The molecule has 4 heterocycles. The highest BCUT2D eigenvalue weighted by Gasteiger charge is 2.26. The molecular formula is C74H115N13O22. The summed E-state index contributed by atoms with van der Waals surface area (Å²) in [7, 11) is 0. The normalized spacial score (nSPS) is 12.0. The van der Waals surface area contributed by atoms with Gasteiger partial charge in [0.15, 0.2) is 17.0 Å². The lowest BCUT2D eigenvalue weighted by Gasteiger charge is -2.27.